The fourth-order valence-electron chi connectivity index (χ4n) is 1.55. The Bertz CT molecular complexity index is 536. The van der Waals surface area contributed by atoms with Gasteiger partial charge >= 0.3 is 12.1 Å². The highest BCUT2D eigenvalue weighted by atomic mass is 19.4. The summed E-state index contributed by atoms with van der Waals surface area (Å²) in [7, 11) is 1.22. The molecule has 0 atom stereocenters. The molecule has 0 N–H and O–H groups in total. The molecule has 0 heterocycles. The highest BCUT2D eigenvalue weighted by molar-refractivity contribution is 5.88. The predicted octanol–water partition coefficient (Wildman–Crippen LogP) is 3.73. The van der Waals surface area contributed by atoms with E-state index in [-0.39, 0.29) is 12.4 Å². The zero-order chi connectivity index (χ0) is 16.0. The Balaban J connectivity index is 2.81. The van der Waals surface area contributed by atoms with Crippen LogP contribution in [0.3, 0.4) is 0 Å². The molecular formula is C14H14F4O3. The van der Waals surface area contributed by atoms with E-state index in [1.807, 2.05) is 0 Å². The average molecular weight is 306 g/mol. The number of hydrogen-bond acceptors (Lipinski definition) is 3. The van der Waals surface area contributed by atoms with Crippen LogP contribution in [0.15, 0.2) is 29.8 Å². The van der Waals surface area contributed by atoms with Crippen molar-refractivity contribution in [3.05, 3.63) is 41.2 Å². The van der Waals surface area contributed by atoms with Crippen molar-refractivity contribution in [2.75, 3.05) is 13.7 Å². The van der Waals surface area contributed by atoms with E-state index in [4.69, 9.17) is 4.74 Å². The molecule has 21 heavy (non-hydrogen) atoms. The van der Waals surface area contributed by atoms with Crippen LogP contribution in [0.5, 0.6) is 5.75 Å². The summed E-state index contributed by atoms with van der Waals surface area (Å²) >= 11 is 0. The summed E-state index contributed by atoms with van der Waals surface area (Å²) in [5, 5.41) is 0. The van der Waals surface area contributed by atoms with Gasteiger partial charge in [0.25, 0.3) is 0 Å². The molecule has 0 aliphatic heterocycles. The van der Waals surface area contributed by atoms with Crippen LogP contribution in [0, 0.1) is 5.82 Å². The number of carbonyl (C=O) groups is 1. The van der Waals surface area contributed by atoms with Crippen molar-refractivity contribution in [2.45, 2.75) is 19.5 Å². The number of hydrogen-bond donors (Lipinski definition) is 0. The zero-order valence-electron chi connectivity index (χ0n) is 11.5. The minimum absolute atomic E-state index is 0.124. The number of methoxy groups -OCH3 is 1. The number of ether oxygens (including phenoxy) is 2. The molecule has 0 aliphatic carbocycles. The largest absolute Gasteiger partial charge is 0.490 e. The second-order valence-corrected chi connectivity index (χ2v) is 4.02. The number of benzene rings is 1. The first-order valence-corrected chi connectivity index (χ1v) is 6.06. The molecule has 0 fully saturated rings. The van der Waals surface area contributed by atoms with Gasteiger partial charge in [-0.25, -0.2) is 9.18 Å². The van der Waals surface area contributed by atoms with Crippen LogP contribution in [0.2, 0.25) is 0 Å². The van der Waals surface area contributed by atoms with Gasteiger partial charge in [0, 0.05) is 5.57 Å². The third-order valence-electron chi connectivity index (χ3n) is 2.65. The summed E-state index contributed by atoms with van der Waals surface area (Å²) in [5.74, 6) is -2.04. The van der Waals surface area contributed by atoms with E-state index in [0.29, 0.717) is 24.1 Å². The van der Waals surface area contributed by atoms with Gasteiger partial charge in [0.05, 0.1) is 12.7 Å². The maximum Gasteiger partial charge on any atom is 0.419 e. The van der Waals surface area contributed by atoms with Gasteiger partial charge < -0.3 is 9.47 Å². The molecule has 1 aromatic rings. The topological polar surface area (TPSA) is 35.5 Å². The van der Waals surface area contributed by atoms with Crippen molar-refractivity contribution >= 4 is 5.97 Å². The average Bonchev–Trinajstić information content (AvgIpc) is 2.43. The standard InChI is InChI=1S/C14H14F4O3/c1-3-9(13(19)20-2)6-7-21-10-4-5-12(15)11(8-10)14(16,17)18/h4-6,8H,3,7H2,1-2H3/b9-6-. The van der Waals surface area contributed by atoms with Gasteiger partial charge in [0.15, 0.2) is 0 Å². The number of carbonyl (C=O) groups excluding carboxylic acids is 1. The van der Waals surface area contributed by atoms with E-state index in [9.17, 15) is 22.4 Å². The Morgan fingerprint density at radius 2 is 2.00 bits per heavy atom. The number of alkyl halides is 3. The first-order valence-electron chi connectivity index (χ1n) is 6.06. The van der Waals surface area contributed by atoms with Gasteiger partial charge in [-0.15, -0.1) is 0 Å². The quantitative estimate of drug-likeness (QED) is 0.472. The lowest BCUT2D eigenvalue weighted by molar-refractivity contribution is -0.140. The fourth-order valence-corrected chi connectivity index (χ4v) is 1.55. The van der Waals surface area contributed by atoms with Crippen molar-refractivity contribution in [3.63, 3.8) is 0 Å². The SMILES string of the molecule is CC/C(=C/COc1ccc(F)c(C(F)(F)F)c1)C(=O)OC. The molecule has 116 valence electrons. The van der Waals surface area contributed by atoms with E-state index < -0.39 is 23.5 Å². The lowest BCUT2D eigenvalue weighted by atomic mass is 10.2. The number of rotatable bonds is 5. The molecule has 0 saturated carbocycles. The van der Waals surface area contributed by atoms with E-state index in [2.05, 4.69) is 4.74 Å². The van der Waals surface area contributed by atoms with Gasteiger partial charge in [0.1, 0.15) is 18.2 Å². The molecule has 0 saturated heterocycles. The summed E-state index contributed by atoms with van der Waals surface area (Å²) in [6.07, 6.45) is -2.99. The van der Waals surface area contributed by atoms with Gasteiger partial charge in [-0.1, -0.05) is 6.92 Å². The van der Waals surface area contributed by atoms with Crippen LogP contribution < -0.4 is 4.74 Å². The van der Waals surface area contributed by atoms with Crippen molar-refractivity contribution in [2.24, 2.45) is 0 Å². The molecule has 1 aromatic carbocycles. The molecule has 1 rings (SSSR count). The summed E-state index contributed by atoms with van der Waals surface area (Å²) in [5.41, 5.74) is -1.05. The lowest BCUT2D eigenvalue weighted by Crippen LogP contribution is -2.09. The summed E-state index contributed by atoms with van der Waals surface area (Å²) < 4.78 is 60.2. The fraction of sp³-hybridized carbons (Fsp3) is 0.357. The van der Waals surface area contributed by atoms with Crippen LogP contribution in [-0.4, -0.2) is 19.7 Å². The van der Waals surface area contributed by atoms with Gasteiger partial charge in [-0.05, 0) is 30.7 Å². The molecule has 0 radical (unpaired) electrons. The van der Waals surface area contributed by atoms with Crippen LogP contribution in [0.1, 0.15) is 18.9 Å². The molecule has 0 bridgehead atoms. The second kappa shape index (κ2) is 7.10. The molecule has 0 spiro atoms. The lowest BCUT2D eigenvalue weighted by Gasteiger charge is -2.10. The van der Waals surface area contributed by atoms with Crippen LogP contribution >= 0.6 is 0 Å². The van der Waals surface area contributed by atoms with Crippen molar-refractivity contribution < 1.29 is 31.8 Å². The number of esters is 1. The van der Waals surface area contributed by atoms with Crippen molar-refractivity contribution in [1.82, 2.24) is 0 Å². The minimum Gasteiger partial charge on any atom is -0.490 e. The minimum atomic E-state index is -4.79. The molecule has 3 nitrogen and oxygen atoms in total. The normalized spacial score (nSPS) is 12.2. The van der Waals surface area contributed by atoms with E-state index >= 15 is 0 Å². The van der Waals surface area contributed by atoms with Crippen LogP contribution in [-0.2, 0) is 15.7 Å². The number of halogens is 4. The first kappa shape index (κ1) is 17.0. The van der Waals surface area contributed by atoms with Crippen LogP contribution in [0.25, 0.3) is 0 Å². The Morgan fingerprint density at radius 1 is 1.33 bits per heavy atom. The highest BCUT2D eigenvalue weighted by Crippen LogP contribution is 2.33. The van der Waals surface area contributed by atoms with E-state index in [1.165, 1.54) is 13.2 Å². The third-order valence-corrected chi connectivity index (χ3v) is 2.65. The Morgan fingerprint density at radius 3 is 2.52 bits per heavy atom. The van der Waals surface area contributed by atoms with Crippen LogP contribution in [0.4, 0.5) is 17.6 Å². The smallest absolute Gasteiger partial charge is 0.419 e. The third kappa shape index (κ3) is 4.77. The van der Waals surface area contributed by atoms with Crippen molar-refractivity contribution in [3.8, 4) is 5.75 Å². The monoisotopic (exact) mass is 306 g/mol. The predicted molar refractivity (Wildman–Crippen MR) is 67.3 cm³/mol. The maximum absolute atomic E-state index is 13.1. The van der Waals surface area contributed by atoms with Gasteiger partial charge in [0.2, 0.25) is 0 Å². The summed E-state index contributed by atoms with van der Waals surface area (Å²) in [6.45, 7) is 1.60. The molecule has 0 amide bonds. The Hall–Kier alpha value is -2.05. The van der Waals surface area contributed by atoms with Gasteiger partial charge in [-0.3, -0.25) is 0 Å². The molecule has 0 unspecified atom stereocenters. The van der Waals surface area contributed by atoms with Crippen molar-refractivity contribution in [1.29, 1.82) is 0 Å². The Labute approximate surface area is 119 Å². The van der Waals surface area contributed by atoms with Gasteiger partial charge in [-0.2, -0.15) is 13.2 Å². The summed E-state index contributed by atoms with van der Waals surface area (Å²) in [6, 6.07) is 2.35. The molecular weight excluding hydrogens is 292 g/mol. The highest BCUT2D eigenvalue weighted by Gasteiger charge is 2.34. The first-order chi connectivity index (χ1) is 9.79. The molecule has 0 aromatic heterocycles. The molecule has 0 aliphatic rings. The molecule has 7 heteroatoms. The zero-order valence-corrected chi connectivity index (χ0v) is 11.5. The second-order valence-electron chi connectivity index (χ2n) is 4.02. The Kier molecular flexibility index (Phi) is 5.75. The maximum atomic E-state index is 13.1. The van der Waals surface area contributed by atoms with E-state index in [0.717, 1.165) is 6.07 Å². The summed E-state index contributed by atoms with van der Waals surface area (Å²) in [4.78, 5) is 11.3. The van der Waals surface area contributed by atoms with E-state index in [1.54, 1.807) is 6.92 Å².